The summed E-state index contributed by atoms with van der Waals surface area (Å²) in [7, 11) is 1.63. The normalized spacial score (nSPS) is 16.7. The Morgan fingerprint density at radius 1 is 1.30 bits per heavy atom. The van der Waals surface area contributed by atoms with Gasteiger partial charge in [-0.05, 0) is 31.0 Å². The fourth-order valence-electron chi connectivity index (χ4n) is 2.53. The number of halogens is 1. The summed E-state index contributed by atoms with van der Waals surface area (Å²) < 4.78 is 10.5. The number of nitrogens with zero attached hydrogens (tertiary/aromatic N) is 2. The van der Waals surface area contributed by atoms with Crippen LogP contribution in [-0.4, -0.2) is 17.3 Å². The van der Waals surface area contributed by atoms with Gasteiger partial charge in [0.15, 0.2) is 5.82 Å². The smallest absolute Gasteiger partial charge is 0.258 e. The summed E-state index contributed by atoms with van der Waals surface area (Å²) in [4.78, 5) is 4.45. The van der Waals surface area contributed by atoms with Crippen LogP contribution < -0.4 is 10.5 Å². The number of aromatic nitrogens is 2. The van der Waals surface area contributed by atoms with Crippen molar-refractivity contribution in [1.29, 1.82) is 0 Å². The molecule has 2 N–H and O–H groups in total. The summed E-state index contributed by atoms with van der Waals surface area (Å²) in [6.45, 7) is 0. The van der Waals surface area contributed by atoms with Crippen LogP contribution in [0.2, 0.25) is 0 Å². The number of ether oxygens (including phenoxy) is 1. The standard InChI is InChI=1S/C14H17N3O2.ClH/c1-18-11-6-4-5-10(9-11)12-16-13(17-19-12)14(15)7-2-3-8-14;/h4-6,9H,2-3,7-8,15H2,1H3;1H. The second-order valence-corrected chi connectivity index (χ2v) is 5.02. The molecule has 1 aliphatic carbocycles. The molecule has 0 atom stereocenters. The Kier molecular flexibility index (Phi) is 4.30. The van der Waals surface area contributed by atoms with Gasteiger partial charge in [-0.25, -0.2) is 0 Å². The molecule has 0 bridgehead atoms. The van der Waals surface area contributed by atoms with Crippen molar-refractivity contribution in [1.82, 2.24) is 10.1 Å². The van der Waals surface area contributed by atoms with Crippen molar-refractivity contribution in [3.05, 3.63) is 30.1 Å². The van der Waals surface area contributed by atoms with Crippen LogP contribution in [0.5, 0.6) is 5.75 Å². The molecule has 1 aliphatic rings. The average Bonchev–Trinajstić information content (AvgIpc) is 3.08. The Balaban J connectivity index is 0.00000147. The van der Waals surface area contributed by atoms with Gasteiger partial charge in [0.1, 0.15) is 5.75 Å². The highest BCUT2D eigenvalue weighted by Gasteiger charge is 2.36. The molecule has 1 fully saturated rings. The zero-order chi connectivity index (χ0) is 13.3. The maximum absolute atomic E-state index is 6.32. The summed E-state index contributed by atoms with van der Waals surface area (Å²) in [6, 6.07) is 7.56. The molecular formula is C14H18ClN3O2. The molecule has 3 rings (SSSR count). The largest absolute Gasteiger partial charge is 0.497 e. The molecule has 1 heterocycles. The minimum absolute atomic E-state index is 0. The average molecular weight is 296 g/mol. The van der Waals surface area contributed by atoms with Crippen molar-refractivity contribution >= 4 is 12.4 Å². The molecule has 0 aliphatic heterocycles. The molecule has 0 radical (unpaired) electrons. The first-order chi connectivity index (χ1) is 9.21. The van der Waals surface area contributed by atoms with Gasteiger partial charge in [0, 0.05) is 5.56 Å². The van der Waals surface area contributed by atoms with E-state index in [1.165, 1.54) is 0 Å². The Bertz CT molecular complexity index is 579. The number of rotatable bonds is 3. The first-order valence-electron chi connectivity index (χ1n) is 6.49. The highest BCUT2D eigenvalue weighted by atomic mass is 35.5. The van der Waals surface area contributed by atoms with E-state index in [0.717, 1.165) is 37.0 Å². The van der Waals surface area contributed by atoms with Crippen molar-refractivity contribution in [2.75, 3.05) is 7.11 Å². The van der Waals surface area contributed by atoms with E-state index in [2.05, 4.69) is 10.1 Å². The maximum Gasteiger partial charge on any atom is 0.258 e. The fraction of sp³-hybridized carbons (Fsp3) is 0.429. The summed E-state index contributed by atoms with van der Waals surface area (Å²) in [6.07, 6.45) is 4.09. The van der Waals surface area contributed by atoms with Gasteiger partial charge in [-0.15, -0.1) is 12.4 Å². The topological polar surface area (TPSA) is 74.2 Å². The van der Waals surface area contributed by atoms with Crippen LogP contribution in [-0.2, 0) is 5.54 Å². The van der Waals surface area contributed by atoms with Crippen LogP contribution in [0.1, 0.15) is 31.5 Å². The number of hydrogen-bond acceptors (Lipinski definition) is 5. The van der Waals surface area contributed by atoms with Crippen LogP contribution >= 0.6 is 12.4 Å². The van der Waals surface area contributed by atoms with Crippen LogP contribution in [0.25, 0.3) is 11.5 Å². The molecule has 1 saturated carbocycles. The van der Waals surface area contributed by atoms with Crippen molar-refractivity contribution < 1.29 is 9.26 Å². The molecular weight excluding hydrogens is 278 g/mol. The van der Waals surface area contributed by atoms with Crippen LogP contribution in [0.4, 0.5) is 0 Å². The lowest BCUT2D eigenvalue weighted by Gasteiger charge is -2.17. The Labute approximate surface area is 123 Å². The lowest BCUT2D eigenvalue weighted by atomic mass is 9.99. The summed E-state index contributed by atoms with van der Waals surface area (Å²) >= 11 is 0. The Morgan fingerprint density at radius 2 is 2.05 bits per heavy atom. The van der Waals surface area contributed by atoms with Gasteiger partial charge in [-0.1, -0.05) is 24.1 Å². The first-order valence-corrected chi connectivity index (χ1v) is 6.49. The van der Waals surface area contributed by atoms with Crippen molar-refractivity contribution in [3.63, 3.8) is 0 Å². The van der Waals surface area contributed by atoms with Gasteiger partial charge in [0.05, 0.1) is 12.6 Å². The fourth-order valence-corrected chi connectivity index (χ4v) is 2.53. The highest BCUT2D eigenvalue weighted by Crippen LogP contribution is 2.35. The Hall–Kier alpha value is -1.59. The van der Waals surface area contributed by atoms with Gasteiger partial charge in [-0.2, -0.15) is 4.98 Å². The van der Waals surface area contributed by atoms with Gasteiger partial charge in [0.2, 0.25) is 0 Å². The lowest BCUT2D eigenvalue weighted by molar-refractivity contribution is 0.372. The molecule has 20 heavy (non-hydrogen) atoms. The van der Waals surface area contributed by atoms with Crippen LogP contribution in [0, 0.1) is 0 Å². The van der Waals surface area contributed by atoms with E-state index in [4.69, 9.17) is 15.0 Å². The summed E-state index contributed by atoms with van der Waals surface area (Å²) in [5, 5.41) is 4.05. The van der Waals surface area contributed by atoms with Gasteiger partial charge >= 0.3 is 0 Å². The van der Waals surface area contributed by atoms with Crippen molar-refractivity contribution in [2.24, 2.45) is 5.73 Å². The molecule has 5 nitrogen and oxygen atoms in total. The predicted molar refractivity (Wildman–Crippen MR) is 77.9 cm³/mol. The SMILES string of the molecule is COc1cccc(-c2nc(C3(N)CCCC3)no2)c1.Cl. The number of nitrogens with two attached hydrogens (primary N) is 1. The third kappa shape index (κ3) is 2.64. The molecule has 0 spiro atoms. The van der Waals surface area contributed by atoms with E-state index in [0.29, 0.717) is 11.7 Å². The third-order valence-electron chi connectivity index (χ3n) is 3.68. The highest BCUT2D eigenvalue weighted by molar-refractivity contribution is 5.85. The zero-order valence-corrected chi connectivity index (χ0v) is 12.2. The second kappa shape index (κ2) is 5.81. The third-order valence-corrected chi connectivity index (χ3v) is 3.68. The van der Waals surface area contributed by atoms with E-state index in [9.17, 15) is 0 Å². The quantitative estimate of drug-likeness (QED) is 0.942. The van der Waals surface area contributed by atoms with E-state index < -0.39 is 5.54 Å². The minimum Gasteiger partial charge on any atom is -0.497 e. The minimum atomic E-state index is -0.416. The molecule has 1 aromatic carbocycles. The monoisotopic (exact) mass is 295 g/mol. The number of benzene rings is 1. The van der Waals surface area contributed by atoms with Crippen LogP contribution in [0.15, 0.2) is 28.8 Å². The Morgan fingerprint density at radius 3 is 2.75 bits per heavy atom. The first kappa shape index (κ1) is 14.8. The summed E-state index contributed by atoms with van der Waals surface area (Å²) in [5.74, 6) is 1.87. The molecule has 108 valence electrons. The van der Waals surface area contributed by atoms with Gasteiger partial charge in [-0.3, -0.25) is 0 Å². The van der Waals surface area contributed by atoms with Gasteiger partial charge < -0.3 is 15.0 Å². The van der Waals surface area contributed by atoms with Crippen molar-refractivity contribution in [3.8, 4) is 17.2 Å². The molecule has 0 unspecified atom stereocenters. The lowest BCUT2D eigenvalue weighted by Crippen LogP contribution is -2.34. The molecule has 6 heteroatoms. The van der Waals surface area contributed by atoms with E-state index in [1.807, 2.05) is 24.3 Å². The van der Waals surface area contributed by atoms with E-state index in [1.54, 1.807) is 7.11 Å². The number of methoxy groups -OCH3 is 1. The molecule has 0 amide bonds. The summed E-state index contributed by atoms with van der Waals surface area (Å²) in [5.41, 5.74) is 6.75. The number of hydrogen-bond donors (Lipinski definition) is 1. The van der Waals surface area contributed by atoms with E-state index >= 15 is 0 Å². The molecule has 1 aromatic heterocycles. The predicted octanol–water partition coefficient (Wildman–Crippen LogP) is 2.90. The maximum atomic E-state index is 6.32. The van der Waals surface area contributed by atoms with Gasteiger partial charge in [0.25, 0.3) is 5.89 Å². The molecule has 2 aromatic rings. The van der Waals surface area contributed by atoms with Crippen LogP contribution in [0.3, 0.4) is 0 Å². The second-order valence-electron chi connectivity index (χ2n) is 5.02. The van der Waals surface area contributed by atoms with E-state index in [-0.39, 0.29) is 12.4 Å². The van der Waals surface area contributed by atoms with Crippen molar-refractivity contribution in [2.45, 2.75) is 31.2 Å². The molecule has 0 saturated heterocycles. The zero-order valence-electron chi connectivity index (χ0n) is 11.3.